The van der Waals surface area contributed by atoms with Gasteiger partial charge in [-0.15, -0.1) is 0 Å². The smallest absolute Gasteiger partial charge is 0.329 e. The third kappa shape index (κ3) is 5.70. The molecule has 1 fully saturated rings. The van der Waals surface area contributed by atoms with Crippen LogP contribution in [0.25, 0.3) is 0 Å². The number of imide groups is 1. The monoisotopic (exact) mass is 391 g/mol. The van der Waals surface area contributed by atoms with Gasteiger partial charge in [-0.05, 0) is 25.0 Å². The zero-order valence-corrected chi connectivity index (χ0v) is 16.1. The maximum Gasteiger partial charge on any atom is 0.329 e. The quantitative estimate of drug-likeness (QED) is 0.630. The van der Waals surface area contributed by atoms with Crippen LogP contribution in [0, 0.1) is 5.92 Å². The number of nitrogens with one attached hydrogen (secondary N) is 2. The van der Waals surface area contributed by atoms with Gasteiger partial charge in [-0.3, -0.25) is 14.5 Å². The molecule has 1 heterocycles. The summed E-state index contributed by atoms with van der Waals surface area (Å²) in [5.41, 5.74) is 0. The van der Waals surface area contributed by atoms with E-state index in [1.54, 1.807) is 38.1 Å². The number of benzene rings is 1. The molecular formula is C19H25N3O6. The molecule has 1 saturated heterocycles. The molecule has 1 aliphatic heterocycles. The number of hydrogen-bond donors (Lipinski definition) is 2. The molecule has 9 nitrogen and oxygen atoms in total. The summed E-state index contributed by atoms with van der Waals surface area (Å²) in [7, 11) is 0. The highest BCUT2D eigenvalue weighted by Gasteiger charge is 2.34. The number of esters is 1. The second-order valence-electron chi connectivity index (χ2n) is 6.69. The summed E-state index contributed by atoms with van der Waals surface area (Å²) in [5.74, 6) is -1.58. The molecule has 2 rings (SSSR count). The first-order chi connectivity index (χ1) is 13.3. The summed E-state index contributed by atoms with van der Waals surface area (Å²) in [4.78, 5) is 49.4. The van der Waals surface area contributed by atoms with Crippen molar-refractivity contribution in [1.82, 2.24) is 15.5 Å². The van der Waals surface area contributed by atoms with E-state index in [0.29, 0.717) is 12.3 Å². The second-order valence-corrected chi connectivity index (χ2v) is 6.69. The number of amides is 4. The molecule has 0 spiro atoms. The molecular weight excluding hydrogens is 366 g/mol. The predicted octanol–water partition coefficient (Wildman–Crippen LogP) is 0.690. The molecule has 1 aromatic rings. The number of ether oxygens (including phenoxy) is 2. The van der Waals surface area contributed by atoms with Gasteiger partial charge in [-0.25, -0.2) is 9.59 Å². The third-order valence-electron chi connectivity index (χ3n) is 4.11. The van der Waals surface area contributed by atoms with Crippen LogP contribution in [0.5, 0.6) is 5.75 Å². The summed E-state index contributed by atoms with van der Waals surface area (Å²) in [6.45, 7) is 5.19. The third-order valence-corrected chi connectivity index (χ3v) is 4.11. The summed E-state index contributed by atoms with van der Waals surface area (Å²) in [6, 6.07) is 7.34. The first-order valence-electron chi connectivity index (χ1n) is 9.06. The molecule has 0 unspecified atom stereocenters. The van der Waals surface area contributed by atoms with Crippen molar-refractivity contribution in [1.29, 1.82) is 0 Å². The zero-order chi connectivity index (χ0) is 20.7. The summed E-state index contributed by atoms with van der Waals surface area (Å²) >= 11 is 0. The van der Waals surface area contributed by atoms with Crippen molar-refractivity contribution in [3.63, 3.8) is 0 Å². The fourth-order valence-electron chi connectivity index (χ4n) is 2.58. The average Bonchev–Trinajstić information content (AvgIpc) is 3.10. The van der Waals surface area contributed by atoms with Gasteiger partial charge in [0.2, 0.25) is 0 Å². The van der Waals surface area contributed by atoms with Crippen molar-refractivity contribution < 1.29 is 28.7 Å². The Morgan fingerprint density at radius 2 is 1.86 bits per heavy atom. The summed E-state index contributed by atoms with van der Waals surface area (Å²) < 4.78 is 10.6. The molecule has 152 valence electrons. The Kier molecular flexibility index (Phi) is 7.36. The van der Waals surface area contributed by atoms with Crippen LogP contribution in [-0.2, 0) is 19.1 Å². The highest BCUT2D eigenvalue weighted by Crippen LogP contribution is 2.10. The lowest BCUT2D eigenvalue weighted by Crippen LogP contribution is -2.49. The van der Waals surface area contributed by atoms with Gasteiger partial charge in [0.1, 0.15) is 11.8 Å². The van der Waals surface area contributed by atoms with Crippen LogP contribution in [0.3, 0.4) is 0 Å². The molecule has 0 aromatic heterocycles. The lowest BCUT2D eigenvalue weighted by molar-refractivity contribution is -0.161. The SMILES string of the molecule is CC(C)[C@H](NC(=O)COc1ccccc1)C(=O)O[C@@H](C)C(=O)N1CCNC1=O. The van der Waals surface area contributed by atoms with E-state index in [-0.39, 0.29) is 19.1 Å². The van der Waals surface area contributed by atoms with Crippen LogP contribution in [0.4, 0.5) is 4.79 Å². The highest BCUT2D eigenvalue weighted by atomic mass is 16.5. The molecule has 1 aromatic carbocycles. The number of para-hydroxylation sites is 1. The summed E-state index contributed by atoms with van der Waals surface area (Å²) in [5, 5.41) is 5.07. The Hall–Kier alpha value is -3.10. The number of rotatable bonds is 8. The van der Waals surface area contributed by atoms with E-state index in [4.69, 9.17) is 9.47 Å². The molecule has 0 radical (unpaired) electrons. The molecule has 2 N–H and O–H groups in total. The minimum atomic E-state index is -1.14. The Morgan fingerprint density at radius 1 is 1.18 bits per heavy atom. The van der Waals surface area contributed by atoms with Gasteiger partial charge < -0.3 is 20.1 Å². The minimum Gasteiger partial charge on any atom is -0.484 e. The van der Waals surface area contributed by atoms with E-state index >= 15 is 0 Å². The molecule has 0 aliphatic carbocycles. The fourth-order valence-corrected chi connectivity index (χ4v) is 2.58. The number of nitrogens with zero attached hydrogens (tertiary/aromatic N) is 1. The molecule has 1 aliphatic rings. The maximum absolute atomic E-state index is 12.5. The van der Waals surface area contributed by atoms with E-state index in [2.05, 4.69) is 10.6 Å². The van der Waals surface area contributed by atoms with Crippen molar-refractivity contribution >= 4 is 23.8 Å². The van der Waals surface area contributed by atoms with E-state index < -0.39 is 36.0 Å². The number of urea groups is 1. The minimum absolute atomic E-state index is 0.223. The highest BCUT2D eigenvalue weighted by molar-refractivity contribution is 5.98. The number of carbonyl (C=O) groups is 4. The zero-order valence-electron chi connectivity index (χ0n) is 16.1. The van der Waals surface area contributed by atoms with Crippen LogP contribution in [0.15, 0.2) is 30.3 Å². The summed E-state index contributed by atoms with van der Waals surface area (Å²) in [6.07, 6.45) is -1.14. The second kappa shape index (κ2) is 9.72. The van der Waals surface area contributed by atoms with Gasteiger partial charge in [0.25, 0.3) is 11.8 Å². The van der Waals surface area contributed by atoms with Crippen LogP contribution in [0.2, 0.25) is 0 Å². The Balaban J connectivity index is 1.89. The Labute approximate surface area is 163 Å². The van der Waals surface area contributed by atoms with Crippen LogP contribution in [0.1, 0.15) is 20.8 Å². The molecule has 0 saturated carbocycles. The predicted molar refractivity (Wildman–Crippen MR) is 99.4 cm³/mol. The first kappa shape index (κ1) is 21.2. The van der Waals surface area contributed by atoms with E-state index in [1.807, 2.05) is 6.07 Å². The van der Waals surface area contributed by atoms with E-state index in [0.717, 1.165) is 4.90 Å². The largest absolute Gasteiger partial charge is 0.484 e. The maximum atomic E-state index is 12.5. The molecule has 4 amide bonds. The lowest BCUT2D eigenvalue weighted by Gasteiger charge is -2.24. The fraction of sp³-hybridized carbons (Fsp3) is 0.474. The van der Waals surface area contributed by atoms with Gasteiger partial charge in [0.15, 0.2) is 12.7 Å². The standard InChI is InChI=1S/C19H25N3O6/c1-12(2)16(21-15(23)11-27-14-7-5-4-6-8-14)18(25)28-13(3)17(24)22-10-9-20-19(22)26/h4-8,12-13,16H,9-11H2,1-3H3,(H,20,26)(H,21,23)/t13-,16-/m0/s1. The average molecular weight is 391 g/mol. The van der Waals surface area contributed by atoms with Crippen molar-refractivity contribution in [2.24, 2.45) is 5.92 Å². The van der Waals surface area contributed by atoms with Crippen molar-refractivity contribution in [3.05, 3.63) is 30.3 Å². The van der Waals surface area contributed by atoms with Gasteiger partial charge >= 0.3 is 12.0 Å². The van der Waals surface area contributed by atoms with E-state index in [9.17, 15) is 19.2 Å². The normalized spacial score (nSPS) is 15.6. The van der Waals surface area contributed by atoms with Gasteiger partial charge in [0, 0.05) is 13.1 Å². The van der Waals surface area contributed by atoms with Crippen LogP contribution >= 0.6 is 0 Å². The van der Waals surface area contributed by atoms with Crippen molar-refractivity contribution in [2.45, 2.75) is 32.9 Å². The van der Waals surface area contributed by atoms with Crippen molar-refractivity contribution in [3.8, 4) is 5.75 Å². The first-order valence-corrected chi connectivity index (χ1v) is 9.06. The van der Waals surface area contributed by atoms with Crippen LogP contribution in [-0.4, -0.2) is 60.6 Å². The molecule has 0 bridgehead atoms. The van der Waals surface area contributed by atoms with Gasteiger partial charge in [-0.1, -0.05) is 32.0 Å². The molecule has 28 heavy (non-hydrogen) atoms. The Morgan fingerprint density at radius 3 is 2.43 bits per heavy atom. The van der Waals surface area contributed by atoms with Gasteiger partial charge in [-0.2, -0.15) is 0 Å². The topological polar surface area (TPSA) is 114 Å². The van der Waals surface area contributed by atoms with Crippen LogP contribution < -0.4 is 15.4 Å². The number of hydrogen-bond acceptors (Lipinski definition) is 6. The molecule has 2 atom stereocenters. The Bertz CT molecular complexity index is 722. The van der Waals surface area contributed by atoms with Gasteiger partial charge in [0.05, 0.1) is 0 Å². The van der Waals surface area contributed by atoms with E-state index in [1.165, 1.54) is 6.92 Å². The molecule has 9 heteroatoms. The lowest BCUT2D eigenvalue weighted by atomic mass is 10.0. The van der Waals surface area contributed by atoms with Crippen molar-refractivity contribution in [2.75, 3.05) is 19.7 Å². The number of carbonyl (C=O) groups excluding carboxylic acids is 4.